The number of carbonyl (C=O) groups is 2. The third-order valence-electron chi connectivity index (χ3n) is 3.40. The molecule has 0 saturated carbocycles. The maximum atomic E-state index is 12.6. The molecule has 1 aromatic carbocycles. The second kappa shape index (κ2) is 9.21. The topological polar surface area (TPSA) is 71.5 Å². The zero-order valence-corrected chi connectivity index (χ0v) is 16.9. The summed E-state index contributed by atoms with van der Waals surface area (Å²) in [7, 11) is 0. The minimum atomic E-state index is -0.466. The van der Waals surface area contributed by atoms with Gasteiger partial charge in [-0.1, -0.05) is 23.2 Å². The number of hydrogen-bond acceptors (Lipinski definition) is 5. The molecule has 2 amide bonds. The van der Waals surface area contributed by atoms with Crippen LogP contribution in [0, 0.1) is 0 Å². The SMILES string of the molecule is CCOC(=O)c1csc(CN(C(=O)Nc2ccc(Cl)c(Cl)c2)C(C)C)n1. The molecule has 0 bridgehead atoms. The third-order valence-corrected chi connectivity index (χ3v) is 4.97. The van der Waals surface area contributed by atoms with Crippen LogP contribution in [0.4, 0.5) is 10.5 Å². The number of rotatable bonds is 6. The number of ether oxygens (including phenoxy) is 1. The van der Waals surface area contributed by atoms with Crippen LogP contribution in [0.1, 0.15) is 36.3 Å². The van der Waals surface area contributed by atoms with Gasteiger partial charge in [-0.05, 0) is 39.0 Å². The fourth-order valence-electron chi connectivity index (χ4n) is 2.09. The average molecular weight is 416 g/mol. The highest BCUT2D eigenvalue weighted by Crippen LogP contribution is 2.25. The second-order valence-corrected chi connectivity index (χ2v) is 7.38. The van der Waals surface area contributed by atoms with Gasteiger partial charge >= 0.3 is 12.0 Å². The lowest BCUT2D eigenvalue weighted by atomic mass is 10.3. The number of nitrogens with zero attached hydrogens (tertiary/aromatic N) is 2. The van der Waals surface area contributed by atoms with E-state index < -0.39 is 5.97 Å². The number of esters is 1. The first kappa shape index (κ1) is 20.5. The van der Waals surface area contributed by atoms with Crippen LogP contribution in [0.2, 0.25) is 10.0 Å². The van der Waals surface area contributed by atoms with E-state index in [1.54, 1.807) is 35.4 Å². The van der Waals surface area contributed by atoms with E-state index in [-0.39, 0.29) is 30.9 Å². The van der Waals surface area contributed by atoms with Gasteiger partial charge in [0.1, 0.15) is 5.01 Å². The molecular weight excluding hydrogens is 397 g/mol. The highest BCUT2D eigenvalue weighted by Gasteiger charge is 2.20. The highest BCUT2D eigenvalue weighted by molar-refractivity contribution is 7.09. The first-order valence-electron chi connectivity index (χ1n) is 7.96. The summed E-state index contributed by atoms with van der Waals surface area (Å²) in [6.07, 6.45) is 0. The van der Waals surface area contributed by atoms with Gasteiger partial charge in [0.05, 0.1) is 23.2 Å². The minimum absolute atomic E-state index is 0.0762. The molecule has 0 aliphatic carbocycles. The smallest absolute Gasteiger partial charge is 0.357 e. The number of carbonyl (C=O) groups excluding carboxylic acids is 2. The van der Waals surface area contributed by atoms with Gasteiger partial charge in [0.2, 0.25) is 0 Å². The maximum Gasteiger partial charge on any atom is 0.357 e. The second-order valence-electron chi connectivity index (χ2n) is 5.63. The van der Waals surface area contributed by atoms with Crippen molar-refractivity contribution in [1.29, 1.82) is 0 Å². The van der Waals surface area contributed by atoms with E-state index in [0.717, 1.165) is 0 Å². The molecule has 1 N–H and O–H groups in total. The van der Waals surface area contributed by atoms with Crippen molar-refractivity contribution in [1.82, 2.24) is 9.88 Å². The molecule has 2 aromatic rings. The standard InChI is InChI=1S/C17H19Cl2N3O3S/c1-4-25-16(23)14-9-26-15(21-14)8-22(10(2)3)17(24)20-11-5-6-12(18)13(19)7-11/h5-7,9-10H,4,8H2,1-3H3,(H,20,24). The van der Waals surface area contributed by atoms with E-state index in [2.05, 4.69) is 10.3 Å². The molecule has 0 radical (unpaired) electrons. The summed E-state index contributed by atoms with van der Waals surface area (Å²) in [5, 5.41) is 5.84. The summed E-state index contributed by atoms with van der Waals surface area (Å²) in [4.78, 5) is 30.2. The molecule has 0 spiro atoms. The average Bonchev–Trinajstić information content (AvgIpc) is 3.05. The van der Waals surface area contributed by atoms with Crippen LogP contribution in [0.15, 0.2) is 23.6 Å². The summed E-state index contributed by atoms with van der Waals surface area (Å²) < 4.78 is 4.93. The zero-order valence-electron chi connectivity index (χ0n) is 14.6. The number of benzene rings is 1. The number of halogens is 2. The lowest BCUT2D eigenvalue weighted by molar-refractivity contribution is 0.0520. The van der Waals surface area contributed by atoms with Crippen LogP contribution in [0.3, 0.4) is 0 Å². The first-order valence-corrected chi connectivity index (χ1v) is 9.59. The minimum Gasteiger partial charge on any atom is -0.461 e. The molecule has 2 rings (SSSR count). The van der Waals surface area contributed by atoms with Crippen molar-refractivity contribution in [2.75, 3.05) is 11.9 Å². The molecule has 140 valence electrons. The summed E-state index contributed by atoms with van der Waals surface area (Å²) >= 11 is 13.2. The van der Waals surface area contributed by atoms with E-state index in [9.17, 15) is 9.59 Å². The molecule has 0 aliphatic heterocycles. The van der Waals surface area contributed by atoms with E-state index in [1.807, 2.05) is 13.8 Å². The fraction of sp³-hybridized carbons (Fsp3) is 0.353. The Hall–Kier alpha value is -1.83. The van der Waals surface area contributed by atoms with E-state index in [1.165, 1.54) is 11.3 Å². The first-order chi connectivity index (χ1) is 12.3. The molecule has 6 nitrogen and oxygen atoms in total. The lowest BCUT2D eigenvalue weighted by Crippen LogP contribution is -2.39. The Morgan fingerprint density at radius 3 is 2.65 bits per heavy atom. The highest BCUT2D eigenvalue weighted by atomic mass is 35.5. The number of nitrogens with one attached hydrogen (secondary N) is 1. The van der Waals surface area contributed by atoms with Crippen molar-refractivity contribution in [2.24, 2.45) is 0 Å². The normalized spacial score (nSPS) is 10.7. The Balaban J connectivity index is 2.09. The van der Waals surface area contributed by atoms with Crippen LogP contribution < -0.4 is 5.32 Å². The van der Waals surface area contributed by atoms with Crippen molar-refractivity contribution in [3.63, 3.8) is 0 Å². The molecule has 0 saturated heterocycles. The van der Waals surface area contributed by atoms with Crippen LogP contribution in [0.25, 0.3) is 0 Å². The van der Waals surface area contributed by atoms with E-state index >= 15 is 0 Å². The molecule has 0 aliphatic rings. The largest absolute Gasteiger partial charge is 0.461 e. The van der Waals surface area contributed by atoms with Gasteiger partial charge in [0.25, 0.3) is 0 Å². The molecule has 0 fully saturated rings. The van der Waals surface area contributed by atoms with Crippen molar-refractivity contribution in [3.8, 4) is 0 Å². The van der Waals surface area contributed by atoms with Gasteiger partial charge in [0.15, 0.2) is 5.69 Å². The van der Waals surface area contributed by atoms with Gasteiger partial charge < -0.3 is 15.0 Å². The van der Waals surface area contributed by atoms with Gasteiger partial charge in [-0.25, -0.2) is 14.6 Å². The number of thiazole rings is 1. The molecule has 1 aromatic heterocycles. The molecule has 9 heteroatoms. The Labute approximate surface area is 166 Å². The van der Waals surface area contributed by atoms with Crippen molar-refractivity contribution in [2.45, 2.75) is 33.4 Å². The molecule has 0 atom stereocenters. The molecular formula is C17H19Cl2N3O3S. The predicted molar refractivity (Wildman–Crippen MR) is 104 cm³/mol. The van der Waals surface area contributed by atoms with Gasteiger partial charge in [0, 0.05) is 17.1 Å². The lowest BCUT2D eigenvalue weighted by Gasteiger charge is -2.26. The number of amides is 2. The molecule has 26 heavy (non-hydrogen) atoms. The predicted octanol–water partition coefficient (Wildman–Crippen LogP) is 5.07. The quantitative estimate of drug-likeness (QED) is 0.668. The number of aromatic nitrogens is 1. The molecule has 0 unspecified atom stereocenters. The maximum absolute atomic E-state index is 12.6. The Morgan fingerprint density at radius 2 is 2.04 bits per heavy atom. The van der Waals surface area contributed by atoms with Crippen molar-refractivity contribution in [3.05, 3.63) is 44.3 Å². The summed E-state index contributed by atoms with van der Waals surface area (Å²) in [6, 6.07) is 4.50. The summed E-state index contributed by atoms with van der Waals surface area (Å²) in [6.45, 7) is 6.09. The van der Waals surface area contributed by atoms with Gasteiger partial charge in [-0.15, -0.1) is 11.3 Å². The van der Waals surface area contributed by atoms with Gasteiger partial charge in [-0.3, -0.25) is 0 Å². The van der Waals surface area contributed by atoms with Crippen LogP contribution in [-0.2, 0) is 11.3 Å². The third kappa shape index (κ3) is 5.33. The molecule has 1 heterocycles. The van der Waals surface area contributed by atoms with Crippen LogP contribution >= 0.6 is 34.5 Å². The van der Waals surface area contributed by atoms with E-state index in [0.29, 0.717) is 20.7 Å². The van der Waals surface area contributed by atoms with Gasteiger partial charge in [-0.2, -0.15) is 0 Å². The zero-order chi connectivity index (χ0) is 19.3. The van der Waals surface area contributed by atoms with E-state index in [4.69, 9.17) is 27.9 Å². The van der Waals surface area contributed by atoms with Crippen LogP contribution in [0.5, 0.6) is 0 Å². The summed E-state index contributed by atoms with van der Waals surface area (Å²) in [5.74, 6) is -0.466. The van der Waals surface area contributed by atoms with Crippen molar-refractivity contribution >= 4 is 52.2 Å². The van der Waals surface area contributed by atoms with Crippen molar-refractivity contribution < 1.29 is 14.3 Å². The fourth-order valence-corrected chi connectivity index (χ4v) is 3.15. The Kier molecular flexibility index (Phi) is 7.25. The number of hydrogen-bond donors (Lipinski definition) is 1. The number of urea groups is 1. The van der Waals surface area contributed by atoms with Crippen LogP contribution in [-0.4, -0.2) is 34.5 Å². The summed E-state index contributed by atoms with van der Waals surface area (Å²) in [5.41, 5.74) is 0.793. The monoisotopic (exact) mass is 415 g/mol. The number of anilines is 1. The Bertz CT molecular complexity index is 795. The Morgan fingerprint density at radius 1 is 1.31 bits per heavy atom.